The highest BCUT2D eigenvalue weighted by molar-refractivity contribution is 5.14. The van der Waals surface area contributed by atoms with Crippen LogP contribution in [-0.2, 0) is 6.42 Å². The molecule has 6 heteroatoms. The highest BCUT2D eigenvalue weighted by Gasteiger charge is 2.28. The number of halogens is 3. The Morgan fingerprint density at radius 3 is 2.69 bits per heavy atom. The van der Waals surface area contributed by atoms with Crippen LogP contribution in [0.2, 0.25) is 0 Å². The molecule has 2 rings (SSSR count). The first-order valence-corrected chi connectivity index (χ1v) is 5.11. The second kappa shape index (κ2) is 3.92. The van der Waals surface area contributed by atoms with E-state index >= 15 is 0 Å². The molecule has 0 aromatic carbocycles. The minimum Gasteiger partial charge on any atom is -0.311 e. The summed E-state index contributed by atoms with van der Waals surface area (Å²) in [6.07, 6.45) is -3.50. The van der Waals surface area contributed by atoms with Crippen molar-refractivity contribution in [3.8, 4) is 0 Å². The molecule has 88 valence electrons. The van der Waals surface area contributed by atoms with Gasteiger partial charge in [-0.3, -0.25) is 4.79 Å². The summed E-state index contributed by atoms with van der Waals surface area (Å²) in [4.78, 5) is 17.6. The van der Waals surface area contributed by atoms with E-state index in [1.54, 1.807) is 0 Å². The molecular formula is C10H11F3N2O. The third kappa shape index (κ3) is 3.08. The Hall–Kier alpha value is -1.33. The zero-order valence-corrected chi connectivity index (χ0v) is 8.47. The number of alkyl halides is 3. The van der Waals surface area contributed by atoms with Gasteiger partial charge in [-0.25, -0.2) is 4.98 Å². The molecule has 0 saturated heterocycles. The molecule has 1 aromatic heterocycles. The lowest BCUT2D eigenvalue weighted by Gasteiger charge is -2.06. The number of nitrogens with zero attached hydrogens (tertiary/aromatic N) is 1. The topological polar surface area (TPSA) is 45.8 Å². The van der Waals surface area contributed by atoms with Crippen molar-refractivity contribution in [1.82, 2.24) is 9.97 Å². The summed E-state index contributed by atoms with van der Waals surface area (Å²) >= 11 is 0. The van der Waals surface area contributed by atoms with Crippen LogP contribution >= 0.6 is 0 Å². The van der Waals surface area contributed by atoms with Crippen LogP contribution in [0.15, 0.2) is 10.9 Å². The second-order valence-electron chi connectivity index (χ2n) is 4.01. The van der Waals surface area contributed by atoms with Crippen LogP contribution < -0.4 is 5.56 Å². The van der Waals surface area contributed by atoms with Gasteiger partial charge in [-0.05, 0) is 12.8 Å². The van der Waals surface area contributed by atoms with Crippen LogP contribution in [0.25, 0.3) is 0 Å². The van der Waals surface area contributed by atoms with Crippen molar-refractivity contribution in [2.75, 3.05) is 0 Å². The fourth-order valence-electron chi connectivity index (χ4n) is 1.50. The fourth-order valence-corrected chi connectivity index (χ4v) is 1.50. The summed E-state index contributed by atoms with van der Waals surface area (Å²) in [5, 5.41) is 0. The summed E-state index contributed by atoms with van der Waals surface area (Å²) < 4.78 is 36.0. The SMILES string of the molecule is O=c1cc(C2CC2)nc(CCC(F)(F)F)[nH]1. The molecule has 16 heavy (non-hydrogen) atoms. The van der Waals surface area contributed by atoms with Gasteiger partial charge in [-0.1, -0.05) is 0 Å². The van der Waals surface area contributed by atoms with Gasteiger partial charge in [0.15, 0.2) is 0 Å². The highest BCUT2D eigenvalue weighted by Crippen LogP contribution is 2.38. The van der Waals surface area contributed by atoms with E-state index in [9.17, 15) is 18.0 Å². The molecule has 1 fully saturated rings. The Morgan fingerprint density at radius 1 is 1.44 bits per heavy atom. The third-order valence-corrected chi connectivity index (χ3v) is 2.45. The smallest absolute Gasteiger partial charge is 0.311 e. The highest BCUT2D eigenvalue weighted by atomic mass is 19.4. The molecule has 0 radical (unpaired) electrons. The van der Waals surface area contributed by atoms with Crippen LogP contribution in [0.1, 0.15) is 36.7 Å². The fraction of sp³-hybridized carbons (Fsp3) is 0.600. The predicted molar refractivity (Wildman–Crippen MR) is 51.2 cm³/mol. The van der Waals surface area contributed by atoms with E-state index in [0.717, 1.165) is 12.8 Å². The number of hydrogen-bond acceptors (Lipinski definition) is 2. The van der Waals surface area contributed by atoms with Crippen LogP contribution in [0.3, 0.4) is 0 Å². The van der Waals surface area contributed by atoms with Crippen molar-refractivity contribution >= 4 is 0 Å². The first-order chi connectivity index (χ1) is 7.44. The molecule has 0 atom stereocenters. The minimum absolute atomic E-state index is 0.131. The molecule has 0 spiro atoms. The first-order valence-electron chi connectivity index (χ1n) is 5.11. The lowest BCUT2D eigenvalue weighted by Crippen LogP contribution is -2.15. The van der Waals surface area contributed by atoms with Gasteiger partial charge >= 0.3 is 6.18 Å². The zero-order chi connectivity index (χ0) is 11.8. The molecule has 1 saturated carbocycles. The zero-order valence-electron chi connectivity index (χ0n) is 8.47. The van der Waals surface area contributed by atoms with Crippen molar-refractivity contribution in [3.05, 3.63) is 27.9 Å². The first kappa shape index (κ1) is 11.2. The van der Waals surface area contributed by atoms with Crippen LogP contribution in [0, 0.1) is 0 Å². The number of aryl methyl sites for hydroxylation is 1. The van der Waals surface area contributed by atoms with E-state index in [1.807, 2.05) is 0 Å². The average Bonchev–Trinajstić information content (AvgIpc) is 2.95. The van der Waals surface area contributed by atoms with Crippen molar-refractivity contribution in [1.29, 1.82) is 0 Å². The number of aromatic amines is 1. The van der Waals surface area contributed by atoms with E-state index in [1.165, 1.54) is 6.07 Å². The largest absolute Gasteiger partial charge is 0.389 e. The molecule has 1 heterocycles. The van der Waals surface area contributed by atoms with Gasteiger partial charge in [-0.2, -0.15) is 13.2 Å². The summed E-state index contributed by atoms with van der Waals surface area (Å²) in [6.45, 7) is 0. The minimum atomic E-state index is -4.21. The molecule has 1 aromatic rings. The third-order valence-electron chi connectivity index (χ3n) is 2.45. The predicted octanol–water partition coefficient (Wildman–Crippen LogP) is 2.14. The van der Waals surface area contributed by atoms with Gasteiger partial charge in [0.2, 0.25) is 0 Å². The lowest BCUT2D eigenvalue weighted by molar-refractivity contribution is -0.134. The van der Waals surface area contributed by atoms with Crippen molar-refractivity contribution < 1.29 is 13.2 Å². The van der Waals surface area contributed by atoms with Crippen LogP contribution in [-0.4, -0.2) is 16.1 Å². The Balaban J connectivity index is 2.11. The quantitative estimate of drug-likeness (QED) is 0.867. The summed E-state index contributed by atoms with van der Waals surface area (Å²) in [5.41, 5.74) is 0.259. The maximum atomic E-state index is 12.0. The lowest BCUT2D eigenvalue weighted by atomic mass is 10.2. The van der Waals surface area contributed by atoms with E-state index in [4.69, 9.17) is 0 Å². The standard InChI is InChI=1S/C10H11F3N2O/c11-10(12,13)4-3-8-14-7(6-1-2-6)5-9(16)15-8/h5-6H,1-4H2,(H,14,15,16). The number of nitrogens with one attached hydrogen (secondary N) is 1. The van der Waals surface area contributed by atoms with E-state index in [0.29, 0.717) is 5.69 Å². The Bertz CT molecular complexity index is 434. The van der Waals surface area contributed by atoms with Crippen LogP contribution in [0.4, 0.5) is 13.2 Å². The van der Waals surface area contributed by atoms with E-state index in [-0.39, 0.29) is 23.7 Å². The number of H-pyrrole nitrogens is 1. The Kier molecular flexibility index (Phi) is 2.73. The molecule has 0 bridgehead atoms. The average molecular weight is 232 g/mol. The molecule has 3 nitrogen and oxygen atoms in total. The molecular weight excluding hydrogens is 221 g/mol. The Morgan fingerprint density at radius 2 is 2.12 bits per heavy atom. The maximum Gasteiger partial charge on any atom is 0.389 e. The number of aromatic nitrogens is 2. The van der Waals surface area contributed by atoms with Gasteiger partial charge < -0.3 is 4.98 Å². The molecule has 1 N–H and O–H groups in total. The van der Waals surface area contributed by atoms with Crippen molar-refractivity contribution in [2.24, 2.45) is 0 Å². The molecule has 0 unspecified atom stereocenters. The summed E-state index contributed by atoms with van der Waals surface area (Å²) in [7, 11) is 0. The Labute approximate surface area is 89.7 Å². The normalized spacial score (nSPS) is 16.4. The van der Waals surface area contributed by atoms with E-state index in [2.05, 4.69) is 9.97 Å². The molecule has 0 amide bonds. The second-order valence-corrected chi connectivity index (χ2v) is 4.01. The molecule has 1 aliphatic rings. The van der Waals surface area contributed by atoms with Crippen molar-refractivity contribution in [2.45, 2.75) is 37.8 Å². The van der Waals surface area contributed by atoms with Gasteiger partial charge in [-0.15, -0.1) is 0 Å². The van der Waals surface area contributed by atoms with Crippen molar-refractivity contribution in [3.63, 3.8) is 0 Å². The summed E-state index contributed by atoms with van der Waals surface area (Å²) in [6, 6.07) is 1.37. The summed E-state index contributed by atoms with van der Waals surface area (Å²) in [5.74, 6) is 0.402. The molecule has 1 aliphatic carbocycles. The van der Waals surface area contributed by atoms with Gasteiger partial charge in [0.1, 0.15) is 5.82 Å². The van der Waals surface area contributed by atoms with Gasteiger partial charge in [0.25, 0.3) is 5.56 Å². The molecule has 0 aliphatic heterocycles. The van der Waals surface area contributed by atoms with E-state index < -0.39 is 12.6 Å². The maximum absolute atomic E-state index is 12.0. The number of hydrogen-bond donors (Lipinski definition) is 1. The van der Waals surface area contributed by atoms with Gasteiger partial charge in [0.05, 0.1) is 12.1 Å². The van der Waals surface area contributed by atoms with Crippen LogP contribution in [0.5, 0.6) is 0 Å². The van der Waals surface area contributed by atoms with Gasteiger partial charge in [0, 0.05) is 18.4 Å². The monoisotopic (exact) mass is 232 g/mol. The number of rotatable bonds is 3.